The number of aliphatic hydroxyl groups excluding tert-OH is 2. The molecule has 2 atom stereocenters. The number of nitrogens with one attached hydrogen (secondary N) is 1. The van der Waals surface area contributed by atoms with Gasteiger partial charge in [-0.25, -0.2) is 0 Å². The third-order valence-electron chi connectivity index (χ3n) is 12.3. The van der Waals surface area contributed by atoms with Crippen LogP contribution in [-0.2, 0) is 14.3 Å². The molecule has 3 N–H and O–H groups in total. The molecule has 0 aliphatic heterocycles. The molecule has 0 rings (SSSR count). The average molecular weight is 834 g/mol. The van der Waals surface area contributed by atoms with Crippen LogP contribution in [0.2, 0.25) is 0 Å². The van der Waals surface area contributed by atoms with Crippen molar-refractivity contribution >= 4 is 11.9 Å². The number of hydrogen-bond donors (Lipinski definition) is 3. The van der Waals surface area contributed by atoms with Crippen molar-refractivity contribution in [3.63, 3.8) is 0 Å². The number of esters is 1. The van der Waals surface area contributed by atoms with Gasteiger partial charge in [-0.3, -0.25) is 9.59 Å². The Morgan fingerprint density at radius 1 is 0.458 bits per heavy atom. The molecule has 0 aliphatic carbocycles. The van der Waals surface area contributed by atoms with E-state index in [0.717, 1.165) is 38.5 Å². The number of amides is 1. The van der Waals surface area contributed by atoms with Crippen LogP contribution in [-0.4, -0.2) is 47.4 Å². The van der Waals surface area contributed by atoms with E-state index in [-0.39, 0.29) is 18.5 Å². The first kappa shape index (κ1) is 57.6. The lowest BCUT2D eigenvalue weighted by Crippen LogP contribution is -2.45. The normalized spacial score (nSPS) is 12.7. The molecule has 0 aromatic rings. The summed E-state index contributed by atoms with van der Waals surface area (Å²) in [6.45, 7) is 4.88. The van der Waals surface area contributed by atoms with Crippen LogP contribution < -0.4 is 5.32 Å². The Bertz CT molecular complexity index is 878. The van der Waals surface area contributed by atoms with Crippen molar-refractivity contribution in [1.82, 2.24) is 5.32 Å². The van der Waals surface area contributed by atoms with Gasteiger partial charge in [0.05, 0.1) is 25.4 Å². The fourth-order valence-corrected chi connectivity index (χ4v) is 8.22. The number of allylic oxidation sites excluding steroid dienone is 1. The highest BCUT2D eigenvalue weighted by Gasteiger charge is 2.18. The number of unbranched alkanes of at least 4 members (excludes halogenated alkanes) is 38. The van der Waals surface area contributed by atoms with Crippen molar-refractivity contribution in [2.75, 3.05) is 13.2 Å². The van der Waals surface area contributed by atoms with E-state index in [1.165, 1.54) is 225 Å². The summed E-state index contributed by atoms with van der Waals surface area (Å²) < 4.78 is 5.46. The van der Waals surface area contributed by atoms with Gasteiger partial charge in [0.25, 0.3) is 0 Å². The van der Waals surface area contributed by atoms with Crippen LogP contribution in [0.3, 0.4) is 0 Å². The second kappa shape index (κ2) is 49.3. The number of rotatable bonds is 49. The Labute approximate surface area is 368 Å². The van der Waals surface area contributed by atoms with Crippen molar-refractivity contribution < 1.29 is 24.5 Å². The summed E-state index contributed by atoms with van der Waals surface area (Å²) in [7, 11) is 0. The van der Waals surface area contributed by atoms with Crippen LogP contribution in [0.1, 0.15) is 290 Å². The molecular weight excluding hydrogens is 731 g/mol. The number of aliphatic hydroxyl groups is 2. The molecule has 0 saturated heterocycles. The molecule has 0 saturated carbocycles. The largest absolute Gasteiger partial charge is 0.466 e. The number of carbonyl (C=O) groups excluding carboxylic acids is 2. The van der Waals surface area contributed by atoms with E-state index in [2.05, 4.69) is 19.2 Å². The van der Waals surface area contributed by atoms with Crippen molar-refractivity contribution in [2.45, 2.75) is 302 Å². The zero-order chi connectivity index (χ0) is 43.0. The van der Waals surface area contributed by atoms with Gasteiger partial charge in [0.15, 0.2) is 0 Å². The topological polar surface area (TPSA) is 95.9 Å². The summed E-state index contributed by atoms with van der Waals surface area (Å²) >= 11 is 0. The van der Waals surface area contributed by atoms with Gasteiger partial charge in [-0.15, -0.1) is 0 Å². The van der Waals surface area contributed by atoms with Gasteiger partial charge in [0, 0.05) is 12.8 Å². The van der Waals surface area contributed by atoms with Gasteiger partial charge >= 0.3 is 5.97 Å². The fourth-order valence-electron chi connectivity index (χ4n) is 8.22. The molecule has 59 heavy (non-hydrogen) atoms. The van der Waals surface area contributed by atoms with Crippen LogP contribution in [0.25, 0.3) is 0 Å². The average Bonchev–Trinajstić information content (AvgIpc) is 3.24. The molecule has 0 radical (unpaired) electrons. The predicted octanol–water partition coefficient (Wildman–Crippen LogP) is 15.7. The summed E-state index contributed by atoms with van der Waals surface area (Å²) in [6.07, 6.45) is 56.6. The first-order chi connectivity index (χ1) is 29.0. The fraction of sp³-hybridized carbons (Fsp3) is 0.925. The van der Waals surface area contributed by atoms with E-state index in [4.69, 9.17) is 4.74 Å². The van der Waals surface area contributed by atoms with Gasteiger partial charge in [-0.05, 0) is 32.1 Å². The molecule has 0 heterocycles. The van der Waals surface area contributed by atoms with Gasteiger partial charge in [-0.1, -0.05) is 257 Å². The first-order valence-corrected chi connectivity index (χ1v) is 26.5. The third-order valence-corrected chi connectivity index (χ3v) is 12.3. The first-order valence-electron chi connectivity index (χ1n) is 26.5. The molecular formula is C53H103NO5. The van der Waals surface area contributed by atoms with Crippen molar-refractivity contribution in [3.05, 3.63) is 12.2 Å². The van der Waals surface area contributed by atoms with E-state index in [0.29, 0.717) is 19.4 Å². The monoisotopic (exact) mass is 834 g/mol. The zero-order valence-electron chi connectivity index (χ0n) is 39.7. The predicted molar refractivity (Wildman–Crippen MR) is 255 cm³/mol. The smallest absolute Gasteiger partial charge is 0.305 e. The maximum Gasteiger partial charge on any atom is 0.305 e. The maximum atomic E-state index is 12.4. The van der Waals surface area contributed by atoms with Crippen LogP contribution in [0, 0.1) is 0 Å². The molecule has 0 aromatic carbocycles. The van der Waals surface area contributed by atoms with E-state index >= 15 is 0 Å². The van der Waals surface area contributed by atoms with E-state index in [9.17, 15) is 19.8 Å². The molecule has 2 unspecified atom stereocenters. The van der Waals surface area contributed by atoms with Gasteiger partial charge in [0.2, 0.25) is 5.91 Å². The Morgan fingerprint density at radius 2 is 0.780 bits per heavy atom. The summed E-state index contributed by atoms with van der Waals surface area (Å²) in [5.41, 5.74) is 0. The van der Waals surface area contributed by atoms with Gasteiger partial charge < -0.3 is 20.3 Å². The highest BCUT2D eigenvalue weighted by molar-refractivity contribution is 5.76. The second-order valence-corrected chi connectivity index (χ2v) is 18.2. The van der Waals surface area contributed by atoms with Gasteiger partial charge in [0.1, 0.15) is 0 Å². The molecule has 6 heteroatoms. The minimum absolute atomic E-state index is 0.0119. The molecule has 0 aliphatic rings. The number of ether oxygens (including phenoxy) is 1. The lowest BCUT2D eigenvalue weighted by atomic mass is 10.0. The highest BCUT2D eigenvalue weighted by Crippen LogP contribution is 2.17. The van der Waals surface area contributed by atoms with Crippen molar-refractivity contribution in [3.8, 4) is 0 Å². The number of carbonyl (C=O) groups is 2. The van der Waals surface area contributed by atoms with Crippen molar-refractivity contribution in [2.24, 2.45) is 0 Å². The summed E-state index contributed by atoms with van der Waals surface area (Å²) in [5.74, 6) is -0.0592. The van der Waals surface area contributed by atoms with Crippen LogP contribution >= 0.6 is 0 Å². The minimum Gasteiger partial charge on any atom is -0.466 e. The van der Waals surface area contributed by atoms with Crippen LogP contribution in [0.4, 0.5) is 0 Å². The van der Waals surface area contributed by atoms with E-state index in [1.807, 2.05) is 6.08 Å². The molecule has 6 nitrogen and oxygen atoms in total. The molecule has 1 amide bonds. The zero-order valence-corrected chi connectivity index (χ0v) is 39.7. The Morgan fingerprint density at radius 3 is 1.15 bits per heavy atom. The lowest BCUT2D eigenvalue weighted by Gasteiger charge is -2.20. The van der Waals surface area contributed by atoms with Gasteiger partial charge in [-0.2, -0.15) is 0 Å². The molecule has 0 bridgehead atoms. The van der Waals surface area contributed by atoms with Crippen molar-refractivity contribution in [1.29, 1.82) is 0 Å². The standard InChI is InChI=1S/C53H103NO5/c1-3-5-7-9-11-13-14-27-31-35-39-43-47-53(58)59-48-44-40-36-32-28-25-23-21-19-17-15-16-18-20-22-24-26-30-34-38-42-46-52(57)54-50(49-55)51(56)45-41-37-33-29-12-10-8-6-4-2/h41,45,50-51,55-56H,3-40,42-44,46-49H2,1-2H3,(H,54,57)/b45-41+. The van der Waals surface area contributed by atoms with E-state index in [1.54, 1.807) is 6.08 Å². The summed E-state index contributed by atoms with van der Waals surface area (Å²) in [5, 5.41) is 22.9. The summed E-state index contributed by atoms with van der Waals surface area (Å²) in [6, 6.07) is -0.625. The lowest BCUT2D eigenvalue weighted by molar-refractivity contribution is -0.143. The summed E-state index contributed by atoms with van der Waals surface area (Å²) in [4.78, 5) is 24.4. The Kier molecular flexibility index (Phi) is 48.1. The van der Waals surface area contributed by atoms with Crippen LogP contribution in [0.5, 0.6) is 0 Å². The molecule has 350 valence electrons. The Hall–Kier alpha value is -1.40. The third kappa shape index (κ3) is 45.9. The Balaban J connectivity index is 3.36. The maximum absolute atomic E-state index is 12.4. The minimum atomic E-state index is -0.841. The number of hydrogen-bond acceptors (Lipinski definition) is 5. The van der Waals surface area contributed by atoms with E-state index < -0.39 is 12.1 Å². The molecule has 0 spiro atoms. The van der Waals surface area contributed by atoms with Crippen LogP contribution in [0.15, 0.2) is 12.2 Å². The molecule has 0 aromatic heterocycles. The molecule has 0 fully saturated rings. The second-order valence-electron chi connectivity index (χ2n) is 18.2. The SMILES string of the molecule is CCCCCCCCC/C=C/C(O)C(CO)NC(=O)CCCCCCCCCCCCCCCCCCCCCCCOC(=O)CCCCCCCCCCCCCC. The quantitative estimate of drug-likeness (QED) is 0.0322. The highest BCUT2D eigenvalue weighted by atomic mass is 16.5.